The molecule has 0 amide bonds. The van der Waals surface area contributed by atoms with E-state index in [-0.39, 0.29) is 0 Å². The molecule has 1 aliphatic carbocycles. The second-order valence-electron chi connectivity index (χ2n) is 19.6. The molecule has 3 aromatic heterocycles. The molecule has 74 heavy (non-hydrogen) atoms. The average Bonchev–Trinajstić information content (AvgIpc) is 4.20. The highest BCUT2D eigenvalue weighted by Crippen LogP contribution is 2.51. The van der Waals surface area contributed by atoms with E-state index < -0.39 is 0 Å². The Kier molecular flexibility index (Phi) is 9.54. The summed E-state index contributed by atoms with van der Waals surface area (Å²) in [6, 6.07) is 80.1. The molecule has 5 nitrogen and oxygen atoms in total. The molecular weight excluding hydrogens is 905 g/mol. The van der Waals surface area contributed by atoms with Gasteiger partial charge in [-0.2, -0.15) is 0 Å². The third-order valence-electron chi connectivity index (χ3n) is 15.4. The number of furan rings is 3. The average molecular weight is 951 g/mol. The summed E-state index contributed by atoms with van der Waals surface area (Å²) in [6.07, 6.45) is 8.92. The van der Waals surface area contributed by atoms with Crippen molar-refractivity contribution >= 4 is 121 Å². The molecule has 0 fully saturated rings. The van der Waals surface area contributed by atoms with Crippen LogP contribution in [-0.4, -0.2) is 0 Å². The quantitative estimate of drug-likeness (QED) is 0.152. The summed E-state index contributed by atoms with van der Waals surface area (Å²) in [6.45, 7) is 2.29. The zero-order valence-electron chi connectivity index (χ0n) is 40.4. The van der Waals surface area contributed by atoms with Crippen LogP contribution in [0, 0.1) is 5.92 Å². The number of allylic oxidation sites excluding steroid dienone is 4. The predicted molar refractivity (Wildman–Crippen MR) is 308 cm³/mol. The highest BCUT2D eigenvalue weighted by Gasteiger charge is 2.28. The third kappa shape index (κ3) is 6.56. The van der Waals surface area contributed by atoms with Gasteiger partial charge >= 0.3 is 0 Å². The van der Waals surface area contributed by atoms with Gasteiger partial charge in [-0.1, -0.05) is 195 Å². The summed E-state index contributed by atoms with van der Waals surface area (Å²) in [5.41, 5.74) is 14.5. The van der Waals surface area contributed by atoms with Crippen LogP contribution in [0.4, 0.5) is 34.1 Å². The zero-order chi connectivity index (χ0) is 48.9. The second-order valence-corrected chi connectivity index (χ2v) is 19.6. The molecule has 0 saturated heterocycles. The van der Waals surface area contributed by atoms with Crippen molar-refractivity contribution in [3.05, 3.63) is 254 Å². The van der Waals surface area contributed by atoms with Crippen LogP contribution in [0.15, 0.2) is 262 Å². The number of nitrogens with zero attached hydrogens (tertiary/aromatic N) is 2. The Balaban J connectivity index is 0.986. The van der Waals surface area contributed by atoms with Crippen molar-refractivity contribution in [2.75, 3.05) is 9.80 Å². The van der Waals surface area contributed by atoms with Crippen LogP contribution in [0.5, 0.6) is 0 Å². The molecule has 0 aliphatic heterocycles. The highest BCUT2D eigenvalue weighted by molar-refractivity contribution is 6.28. The molecule has 1 aliphatic rings. The summed E-state index contributed by atoms with van der Waals surface area (Å²) >= 11 is 0. The number of anilines is 6. The van der Waals surface area contributed by atoms with E-state index in [2.05, 4.69) is 247 Å². The summed E-state index contributed by atoms with van der Waals surface area (Å²) in [5, 5.41) is 10.6. The molecule has 14 aromatic rings. The van der Waals surface area contributed by atoms with Gasteiger partial charge in [-0.15, -0.1) is 0 Å². The molecule has 2 unspecified atom stereocenters. The second kappa shape index (κ2) is 16.8. The minimum Gasteiger partial charge on any atom is -0.455 e. The van der Waals surface area contributed by atoms with Crippen molar-refractivity contribution in [2.24, 2.45) is 5.92 Å². The Labute approximate surface area is 426 Å². The van der Waals surface area contributed by atoms with E-state index in [1.165, 1.54) is 11.1 Å². The van der Waals surface area contributed by atoms with Crippen LogP contribution in [0.1, 0.15) is 18.4 Å². The fourth-order valence-corrected chi connectivity index (χ4v) is 11.8. The lowest BCUT2D eigenvalue weighted by Crippen LogP contribution is -2.12. The molecule has 2 atom stereocenters. The number of benzene rings is 11. The van der Waals surface area contributed by atoms with Crippen LogP contribution in [-0.2, 0) is 0 Å². The number of fused-ring (bicyclic) bond motifs is 13. The summed E-state index contributed by atoms with van der Waals surface area (Å²) in [5.74, 6) is 0.693. The van der Waals surface area contributed by atoms with Gasteiger partial charge in [0.25, 0.3) is 0 Å². The van der Waals surface area contributed by atoms with Crippen LogP contribution in [0.2, 0.25) is 0 Å². The molecule has 0 radical (unpaired) electrons. The maximum atomic E-state index is 7.30. The first-order valence-electron chi connectivity index (χ1n) is 25.4. The van der Waals surface area contributed by atoms with Crippen molar-refractivity contribution in [1.29, 1.82) is 0 Å². The SMILES string of the molecule is CC1C=CC=CC1c1ccc(N(c2cc3c(oc4cc(N(c5ccc(-c6ccccc6)cc5)c5cccc6c5oc5ccccc56)c5ccccc5c43)c3ccccc23)c2cccc3c2oc2ccccc23)cc1. The molecule has 11 aromatic carbocycles. The lowest BCUT2D eigenvalue weighted by atomic mass is 9.84. The predicted octanol–water partition coefficient (Wildman–Crippen LogP) is 20.1. The van der Waals surface area contributed by atoms with E-state index in [0.29, 0.717) is 11.8 Å². The Morgan fingerprint density at radius 1 is 0.324 bits per heavy atom. The van der Waals surface area contributed by atoms with Crippen LogP contribution < -0.4 is 9.80 Å². The van der Waals surface area contributed by atoms with Gasteiger partial charge in [0.15, 0.2) is 11.2 Å². The molecule has 0 N–H and O–H groups in total. The first-order chi connectivity index (χ1) is 36.6. The highest BCUT2D eigenvalue weighted by atomic mass is 16.3. The Hall–Kier alpha value is -9.58. The first kappa shape index (κ1) is 42.1. The minimum atomic E-state index is 0.296. The van der Waals surface area contributed by atoms with Crippen LogP contribution >= 0.6 is 0 Å². The summed E-state index contributed by atoms with van der Waals surface area (Å²) in [4.78, 5) is 4.73. The normalized spacial score (nSPS) is 14.7. The third-order valence-corrected chi connectivity index (χ3v) is 15.4. The Morgan fingerprint density at radius 2 is 0.784 bits per heavy atom. The van der Waals surface area contributed by atoms with Crippen molar-refractivity contribution < 1.29 is 13.3 Å². The van der Waals surface area contributed by atoms with Crippen molar-refractivity contribution in [3.8, 4) is 11.1 Å². The van der Waals surface area contributed by atoms with Gasteiger partial charge in [0.05, 0.1) is 22.7 Å². The molecule has 3 heterocycles. The van der Waals surface area contributed by atoms with Gasteiger partial charge in [-0.25, -0.2) is 0 Å². The van der Waals surface area contributed by atoms with E-state index >= 15 is 0 Å². The van der Waals surface area contributed by atoms with Crippen molar-refractivity contribution in [3.63, 3.8) is 0 Å². The minimum absolute atomic E-state index is 0.296. The fourth-order valence-electron chi connectivity index (χ4n) is 11.8. The molecular formula is C69H46N2O3. The van der Waals surface area contributed by atoms with Crippen LogP contribution in [0.3, 0.4) is 0 Å². The molecule has 0 bridgehead atoms. The monoisotopic (exact) mass is 950 g/mol. The summed E-state index contributed by atoms with van der Waals surface area (Å²) < 4.78 is 21.0. The summed E-state index contributed by atoms with van der Waals surface area (Å²) in [7, 11) is 0. The zero-order valence-corrected chi connectivity index (χ0v) is 40.4. The first-order valence-corrected chi connectivity index (χ1v) is 25.4. The van der Waals surface area contributed by atoms with Gasteiger partial charge in [-0.3, -0.25) is 0 Å². The Bertz CT molecular complexity index is 4580. The van der Waals surface area contributed by atoms with E-state index in [1.54, 1.807) is 0 Å². The number of hydrogen-bond acceptors (Lipinski definition) is 5. The number of hydrogen-bond donors (Lipinski definition) is 0. The van der Waals surface area contributed by atoms with Gasteiger partial charge in [0.1, 0.15) is 22.3 Å². The van der Waals surface area contributed by atoms with Gasteiger partial charge in [0, 0.05) is 71.8 Å². The molecule has 0 spiro atoms. The molecule has 350 valence electrons. The topological polar surface area (TPSA) is 45.9 Å². The Morgan fingerprint density at radius 3 is 1.41 bits per heavy atom. The maximum absolute atomic E-state index is 7.30. The van der Waals surface area contributed by atoms with Gasteiger partial charge < -0.3 is 23.1 Å². The largest absolute Gasteiger partial charge is 0.455 e. The standard InChI is InChI=1S/C69H46N2O3/c1-43-17-5-6-20-49(43)46-35-39-48(40-36-46)70(59-29-15-27-56-52-23-11-13-31-63(52)72-68(56)59)61-41-58-66-54-25-9-7-21-50(54)62(42-65(66)74-67(58)55-26-10-8-22-51(55)61)71(47-37-33-45(34-38-47)44-18-3-2-4-19-44)60-30-16-28-57-53-24-12-14-32-64(53)73-69(57)60/h2-43,49H,1H3. The van der Waals surface area contributed by atoms with E-state index in [4.69, 9.17) is 13.3 Å². The number of para-hydroxylation sites is 4. The van der Waals surface area contributed by atoms with E-state index in [9.17, 15) is 0 Å². The lowest BCUT2D eigenvalue weighted by molar-refractivity contribution is 0.635. The lowest BCUT2D eigenvalue weighted by Gasteiger charge is -2.28. The van der Waals surface area contributed by atoms with E-state index in [1.807, 2.05) is 18.2 Å². The molecule has 5 heteroatoms. The van der Waals surface area contributed by atoms with E-state index in [0.717, 1.165) is 127 Å². The fraction of sp³-hybridized carbons (Fsp3) is 0.0435. The van der Waals surface area contributed by atoms with Crippen molar-refractivity contribution in [2.45, 2.75) is 12.8 Å². The van der Waals surface area contributed by atoms with Crippen molar-refractivity contribution in [1.82, 2.24) is 0 Å². The van der Waals surface area contributed by atoms with Crippen LogP contribution in [0.25, 0.3) is 98.5 Å². The van der Waals surface area contributed by atoms with Gasteiger partial charge in [-0.05, 0) is 82.6 Å². The smallest absolute Gasteiger partial charge is 0.159 e. The number of rotatable bonds is 8. The molecule has 0 saturated carbocycles. The maximum Gasteiger partial charge on any atom is 0.159 e. The van der Waals surface area contributed by atoms with Gasteiger partial charge in [0.2, 0.25) is 0 Å². The molecule has 15 rings (SSSR count).